The Morgan fingerprint density at radius 3 is 2.95 bits per heavy atom. The number of halogens is 1. The number of nitrogens with two attached hydrogens (primary N) is 1. The first-order valence-electron chi connectivity index (χ1n) is 7.25. The van der Waals surface area contributed by atoms with Crippen molar-refractivity contribution in [3.05, 3.63) is 58.6 Å². The van der Waals surface area contributed by atoms with E-state index in [1.165, 1.54) is 17.5 Å². The van der Waals surface area contributed by atoms with E-state index in [-0.39, 0.29) is 6.04 Å². The van der Waals surface area contributed by atoms with Gasteiger partial charge in [0.15, 0.2) is 0 Å². The van der Waals surface area contributed by atoms with Crippen LogP contribution in [0.25, 0.3) is 11.0 Å². The van der Waals surface area contributed by atoms with Crippen molar-refractivity contribution >= 4 is 28.6 Å². The Bertz CT molecular complexity index is 822. The number of rotatable bonds is 1. The van der Waals surface area contributed by atoms with Gasteiger partial charge < -0.3 is 10.3 Å². The minimum absolute atomic E-state index is 0.265. The summed E-state index contributed by atoms with van der Waals surface area (Å²) in [7, 11) is 0. The van der Waals surface area contributed by atoms with Crippen LogP contribution in [0, 0.1) is 0 Å². The molecule has 0 radical (unpaired) electrons. The molecule has 0 saturated heterocycles. The number of nitrogens with zero attached hydrogens (tertiary/aromatic N) is 2. The van der Waals surface area contributed by atoms with Gasteiger partial charge in [-0.3, -0.25) is 0 Å². The predicted octanol–water partition coefficient (Wildman–Crippen LogP) is 4.20. The third kappa shape index (κ3) is 2.00. The molecule has 1 aliphatic carbocycles. The second-order valence-electron chi connectivity index (χ2n) is 5.58. The zero-order valence-corrected chi connectivity index (χ0v) is 12.3. The Morgan fingerprint density at radius 1 is 1.19 bits per heavy atom. The summed E-state index contributed by atoms with van der Waals surface area (Å²) in [5.74, 6) is 0.564. The Hall–Kier alpha value is -2.00. The van der Waals surface area contributed by atoms with Crippen molar-refractivity contribution < 1.29 is 0 Å². The van der Waals surface area contributed by atoms with E-state index in [1.54, 1.807) is 0 Å². The predicted molar refractivity (Wildman–Crippen MR) is 86.7 cm³/mol. The highest BCUT2D eigenvalue weighted by molar-refractivity contribution is 6.31. The molecule has 0 amide bonds. The number of fused-ring (bicyclic) bond motifs is 2. The number of anilines is 1. The van der Waals surface area contributed by atoms with Crippen LogP contribution in [0.2, 0.25) is 5.02 Å². The minimum Gasteiger partial charge on any atom is -0.369 e. The molecule has 1 aromatic heterocycles. The van der Waals surface area contributed by atoms with Crippen LogP contribution < -0.4 is 5.73 Å². The van der Waals surface area contributed by atoms with Crippen molar-refractivity contribution in [2.75, 3.05) is 5.73 Å². The molecular formula is C17H16ClN3. The second kappa shape index (κ2) is 4.78. The molecule has 106 valence electrons. The molecule has 1 atom stereocenters. The Morgan fingerprint density at radius 2 is 2.05 bits per heavy atom. The molecule has 0 aliphatic heterocycles. The molecule has 0 fully saturated rings. The lowest BCUT2D eigenvalue weighted by molar-refractivity contribution is 0.504. The SMILES string of the molecule is Nc1nc2cc(Cl)ccc2n1C1CCCc2ccccc21. The summed E-state index contributed by atoms with van der Waals surface area (Å²) in [5, 5.41) is 0.691. The Kier molecular flexibility index (Phi) is 2.89. The van der Waals surface area contributed by atoms with Crippen LogP contribution in [0.3, 0.4) is 0 Å². The molecule has 4 heteroatoms. The molecule has 1 heterocycles. The molecular weight excluding hydrogens is 282 g/mol. The maximum Gasteiger partial charge on any atom is 0.201 e. The number of hydrogen-bond donors (Lipinski definition) is 1. The molecule has 3 aromatic rings. The van der Waals surface area contributed by atoms with Crippen LogP contribution in [-0.4, -0.2) is 9.55 Å². The zero-order valence-electron chi connectivity index (χ0n) is 11.6. The van der Waals surface area contributed by atoms with Gasteiger partial charge >= 0.3 is 0 Å². The lowest BCUT2D eigenvalue weighted by Gasteiger charge is -2.27. The van der Waals surface area contributed by atoms with Crippen molar-refractivity contribution in [2.45, 2.75) is 25.3 Å². The average Bonchev–Trinajstić information content (AvgIpc) is 2.81. The van der Waals surface area contributed by atoms with Gasteiger partial charge in [-0.25, -0.2) is 4.98 Å². The number of nitrogen functional groups attached to an aromatic ring is 1. The summed E-state index contributed by atoms with van der Waals surface area (Å²) in [4.78, 5) is 4.48. The maximum atomic E-state index is 6.20. The summed E-state index contributed by atoms with van der Waals surface area (Å²) in [6, 6.07) is 14.7. The van der Waals surface area contributed by atoms with E-state index in [4.69, 9.17) is 17.3 Å². The van der Waals surface area contributed by atoms with Gasteiger partial charge in [0.2, 0.25) is 5.95 Å². The van der Waals surface area contributed by atoms with Crippen molar-refractivity contribution in [1.82, 2.24) is 9.55 Å². The molecule has 0 saturated carbocycles. The maximum absolute atomic E-state index is 6.20. The minimum atomic E-state index is 0.265. The number of aryl methyl sites for hydroxylation is 1. The van der Waals surface area contributed by atoms with Crippen molar-refractivity contribution in [1.29, 1.82) is 0 Å². The van der Waals surface area contributed by atoms with Crippen LogP contribution in [0.5, 0.6) is 0 Å². The quantitative estimate of drug-likeness (QED) is 0.731. The van der Waals surface area contributed by atoms with Gasteiger partial charge in [-0.2, -0.15) is 0 Å². The van der Waals surface area contributed by atoms with Crippen molar-refractivity contribution in [3.8, 4) is 0 Å². The molecule has 0 spiro atoms. The van der Waals surface area contributed by atoms with Gasteiger partial charge in [-0.1, -0.05) is 35.9 Å². The van der Waals surface area contributed by atoms with Crippen LogP contribution >= 0.6 is 11.6 Å². The van der Waals surface area contributed by atoms with Crippen LogP contribution in [0.4, 0.5) is 5.95 Å². The van der Waals surface area contributed by atoms with E-state index >= 15 is 0 Å². The van der Waals surface area contributed by atoms with E-state index < -0.39 is 0 Å². The van der Waals surface area contributed by atoms with Gasteiger partial charge in [-0.05, 0) is 48.6 Å². The zero-order chi connectivity index (χ0) is 14.4. The normalized spacial score (nSPS) is 17.9. The fourth-order valence-corrected chi connectivity index (χ4v) is 3.58. The van der Waals surface area contributed by atoms with Crippen LogP contribution in [0.1, 0.15) is 30.0 Å². The Balaban J connectivity index is 1.94. The molecule has 0 bridgehead atoms. The molecule has 2 N–H and O–H groups in total. The van der Waals surface area contributed by atoms with Crippen molar-refractivity contribution in [2.24, 2.45) is 0 Å². The monoisotopic (exact) mass is 297 g/mol. The average molecular weight is 298 g/mol. The highest BCUT2D eigenvalue weighted by atomic mass is 35.5. The van der Waals surface area contributed by atoms with Crippen LogP contribution in [0.15, 0.2) is 42.5 Å². The highest BCUT2D eigenvalue weighted by Gasteiger charge is 2.24. The summed E-state index contributed by atoms with van der Waals surface area (Å²) in [6.45, 7) is 0. The summed E-state index contributed by atoms with van der Waals surface area (Å²) in [5.41, 5.74) is 10.9. The molecule has 4 rings (SSSR count). The molecule has 21 heavy (non-hydrogen) atoms. The van der Waals surface area contributed by atoms with Crippen molar-refractivity contribution in [3.63, 3.8) is 0 Å². The van der Waals surface area contributed by atoms with Gasteiger partial charge in [-0.15, -0.1) is 0 Å². The Labute approximate surface area is 128 Å². The van der Waals surface area contributed by atoms with E-state index in [2.05, 4.69) is 33.8 Å². The first-order valence-corrected chi connectivity index (χ1v) is 7.62. The van der Waals surface area contributed by atoms with Gasteiger partial charge in [0.1, 0.15) is 0 Å². The fourth-order valence-electron chi connectivity index (χ4n) is 3.41. The first kappa shape index (κ1) is 12.7. The molecule has 1 unspecified atom stereocenters. The third-order valence-corrected chi connectivity index (χ3v) is 4.56. The number of benzene rings is 2. The summed E-state index contributed by atoms with van der Waals surface area (Å²) in [6.07, 6.45) is 3.41. The van der Waals surface area contributed by atoms with E-state index in [0.29, 0.717) is 11.0 Å². The number of imidazole rings is 1. The van der Waals surface area contributed by atoms with Crippen LogP contribution in [-0.2, 0) is 6.42 Å². The third-order valence-electron chi connectivity index (χ3n) is 4.33. The molecule has 3 nitrogen and oxygen atoms in total. The second-order valence-corrected chi connectivity index (χ2v) is 6.02. The van der Waals surface area contributed by atoms with Gasteiger partial charge in [0, 0.05) is 5.02 Å². The van der Waals surface area contributed by atoms with Gasteiger partial charge in [0.25, 0.3) is 0 Å². The summed E-state index contributed by atoms with van der Waals surface area (Å²) >= 11 is 6.06. The van der Waals surface area contributed by atoms with E-state index in [1.807, 2.05) is 18.2 Å². The molecule has 2 aromatic carbocycles. The van der Waals surface area contributed by atoms with E-state index in [9.17, 15) is 0 Å². The largest absolute Gasteiger partial charge is 0.369 e. The lowest BCUT2D eigenvalue weighted by Crippen LogP contribution is -2.18. The van der Waals surface area contributed by atoms with E-state index in [0.717, 1.165) is 23.9 Å². The summed E-state index contributed by atoms with van der Waals surface area (Å²) < 4.78 is 2.16. The topological polar surface area (TPSA) is 43.8 Å². The lowest BCUT2D eigenvalue weighted by atomic mass is 9.87. The first-order chi connectivity index (χ1) is 10.2. The number of aromatic nitrogens is 2. The van der Waals surface area contributed by atoms with Gasteiger partial charge in [0.05, 0.1) is 17.1 Å². The fraction of sp³-hybridized carbons (Fsp3) is 0.235. The standard InChI is InChI=1S/C17H16ClN3/c18-12-8-9-16-14(10-12)20-17(19)21(16)15-7-3-5-11-4-1-2-6-13(11)15/h1-2,4,6,8-10,15H,3,5,7H2,(H2,19,20). The highest BCUT2D eigenvalue weighted by Crippen LogP contribution is 2.36. The number of hydrogen-bond acceptors (Lipinski definition) is 2. The molecule has 1 aliphatic rings. The smallest absolute Gasteiger partial charge is 0.201 e.